The van der Waals surface area contributed by atoms with Gasteiger partial charge in [-0.2, -0.15) is 4.31 Å². The Morgan fingerprint density at radius 2 is 1.75 bits per heavy atom. The van der Waals surface area contributed by atoms with Gasteiger partial charge in [0.05, 0.1) is 4.90 Å². The highest BCUT2D eigenvalue weighted by Crippen LogP contribution is 2.28. The predicted octanol–water partition coefficient (Wildman–Crippen LogP) is 4.08. The lowest BCUT2D eigenvalue weighted by molar-refractivity contribution is 0.136. The number of aryl methyl sites for hydroxylation is 2. The van der Waals surface area contributed by atoms with E-state index < -0.39 is 10.0 Å². The highest BCUT2D eigenvalue weighted by molar-refractivity contribution is 7.89. The quantitative estimate of drug-likeness (QED) is 0.667. The average Bonchev–Trinajstić information content (AvgIpc) is 2.71. The van der Waals surface area contributed by atoms with Crippen LogP contribution in [0.15, 0.2) is 59.6 Å². The van der Waals surface area contributed by atoms with Crippen molar-refractivity contribution in [2.24, 2.45) is 0 Å². The summed E-state index contributed by atoms with van der Waals surface area (Å²) in [5.41, 5.74) is 2.92. The summed E-state index contributed by atoms with van der Waals surface area (Å²) in [5.74, 6) is 0.758. The molecule has 0 aliphatic carbocycles. The zero-order chi connectivity index (χ0) is 19.7. The van der Waals surface area contributed by atoms with Crippen molar-refractivity contribution in [3.05, 3.63) is 65.9 Å². The number of sulfonamides is 1. The summed E-state index contributed by atoms with van der Waals surface area (Å²) in [6.45, 7) is 4.83. The minimum Gasteiger partial charge on any atom is -0.488 e. The number of benzene rings is 2. The van der Waals surface area contributed by atoms with Crippen molar-refractivity contribution in [1.29, 1.82) is 0 Å². The zero-order valence-corrected chi connectivity index (χ0v) is 16.9. The van der Waals surface area contributed by atoms with Crippen LogP contribution in [-0.2, 0) is 10.0 Å². The molecule has 1 fully saturated rings. The van der Waals surface area contributed by atoms with Gasteiger partial charge in [0, 0.05) is 24.7 Å². The number of hydrogen-bond donors (Lipinski definition) is 0. The molecule has 1 aliphatic heterocycles. The molecule has 0 unspecified atom stereocenters. The molecule has 0 spiro atoms. The Hall–Kier alpha value is -2.44. The first-order valence-corrected chi connectivity index (χ1v) is 11.0. The van der Waals surface area contributed by atoms with Gasteiger partial charge in [-0.15, -0.1) is 0 Å². The lowest BCUT2D eigenvalue weighted by atomic mass is 10.1. The van der Waals surface area contributed by atoms with Crippen LogP contribution in [-0.4, -0.2) is 36.9 Å². The first-order chi connectivity index (χ1) is 13.4. The molecule has 0 atom stereocenters. The van der Waals surface area contributed by atoms with Gasteiger partial charge in [0.1, 0.15) is 17.4 Å². The van der Waals surface area contributed by atoms with Crippen LogP contribution in [0.25, 0.3) is 10.9 Å². The third-order valence-corrected chi connectivity index (χ3v) is 7.30. The molecule has 0 amide bonds. The standard InChI is InChI=1S/C22H24N2O3S/c1-16-8-9-20(15-17(16)2)28(25,26)24-13-10-19(11-14-24)27-21-7-3-5-18-6-4-12-23-22(18)21/h3-9,12,15,19H,10-11,13-14H2,1-2H3. The third-order valence-electron chi connectivity index (χ3n) is 5.41. The molecule has 1 saturated heterocycles. The Bertz CT molecular complexity index is 1100. The number of hydrogen-bond acceptors (Lipinski definition) is 4. The topological polar surface area (TPSA) is 59.5 Å². The fraction of sp³-hybridized carbons (Fsp3) is 0.318. The van der Waals surface area contributed by atoms with Crippen molar-refractivity contribution in [3.8, 4) is 5.75 Å². The fourth-order valence-electron chi connectivity index (χ4n) is 3.56. The molecule has 4 rings (SSSR count). The number of ether oxygens (including phenoxy) is 1. The number of piperidine rings is 1. The normalized spacial score (nSPS) is 16.4. The lowest BCUT2D eigenvalue weighted by Crippen LogP contribution is -2.41. The minimum atomic E-state index is -3.47. The molecule has 6 heteroatoms. The van der Waals surface area contributed by atoms with E-state index in [-0.39, 0.29) is 6.10 Å². The van der Waals surface area contributed by atoms with Crippen molar-refractivity contribution in [1.82, 2.24) is 9.29 Å². The maximum absolute atomic E-state index is 13.0. The van der Waals surface area contributed by atoms with Crippen LogP contribution >= 0.6 is 0 Å². The summed E-state index contributed by atoms with van der Waals surface area (Å²) < 4.78 is 33.7. The second kappa shape index (κ2) is 7.53. The monoisotopic (exact) mass is 396 g/mol. The molecule has 146 valence electrons. The second-order valence-corrected chi connectivity index (χ2v) is 9.24. The van der Waals surface area contributed by atoms with E-state index in [1.807, 2.05) is 50.2 Å². The van der Waals surface area contributed by atoms with Crippen molar-refractivity contribution >= 4 is 20.9 Å². The number of pyridine rings is 1. The number of aromatic nitrogens is 1. The van der Waals surface area contributed by atoms with E-state index in [2.05, 4.69) is 4.98 Å². The molecule has 2 heterocycles. The lowest BCUT2D eigenvalue weighted by Gasteiger charge is -2.31. The number of rotatable bonds is 4. The predicted molar refractivity (Wildman–Crippen MR) is 110 cm³/mol. The highest BCUT2D eigenvalue weighted by atomic mass is 32.2. The van der Waals surface area contributed by atoms with E-state index in [9.17, 15) is 8.42 Å². The van der Waals surface area contributed by atoms with Gasteiger partial charge in [-0.25, -0.2) is 8.42 Å². The van der Waals surface area contributed by atoms with Gasteiger partial charge >= 0.3 is 0 Å². The molecule has 5 nitrogen and oxygen atoms in total. The zero-order valence-electron chi connectivity index (χ0n) is 16.1. The fourth-order valence-corrected chi connectivity index (χ4v) is 5.12. The van der Waals surface area contributed by atoms with Crippen LogP contribution in [0.4, 0.5) is 0 Å². The Morgan fingerprint density at radius 3 is 2.50 bits per heavy atom. The van der Waals surface area contributed by atoms with Gasteiger partial charge in [-0.1, -0.05) is 24.3 Å². The number of fused-ring (bicyclic) bond motifs is 1. The first kappa shape index (κ1) is 18.9. The first-order valence-electron chi connectivity index (χ1n) is 9.53. The van der Waals surface area contributed by atoms with Crippen molar-refractivity contribution in [2.45, 2.75) is 37.7 Å². The molecule has 0 N–H and O–H groups in total. The van der Waals surface area contributed by atoms with Gasteiger partial charge in [0.2, 0.25) is 10.0 Å². The van der Waals surface area contributed by atoms with Crippen molar-refractivity contribution in [2.75, 3.05) is 13.1 Å². The van der Waals surface area contributed by atoms with Crippen LogP contribution in [0.1, 0.15) is 24.0 Å². The van der Waals surface area contributed by atoms with E-state index >= 15 is 0 Å². The summed E-state index contributed by atoms with van der Waals surface area (Å²) in [5, 5.41) is 1.04. The van der Waals surface area contributed by atoms with E-state index in [1.165, 1.54) is 0 Å². The summed E-state index contributed by atoms with van der Waals surface area (Å²) in [6.07, 6.45) is 3.06. The van der Waals surface area contributed by atoms with Crippen LogP contribution in [0.3, 0.4) is 0 Å². The number of para-hydroxylation sites is 1. The largest absolute Gasteiger partial charge is 0.488 e. The maximum Gasteiger partial charge on any atom is 0.243 e. The van der Waals surface area contributed by atoms with Crippen LogP contribution in [0.2, 0.25) is 0 Å². The average molecular weight is 397 g/mol. The van der Waals surface area contributed by atoms with Crippen molar-refractivity contribution < 1.29 is 13.2 Å². The molecular weight excluding hydrogens is 372 g/mol. The molecule has 0 bridgehead atoms. The van der Waals surface area contributed by atoms with Gasteiger partial charge < -0.3 is 4.74 Å². The van der Waals surface area contributed by atoms with Gasteiger partial charge in [0.15, 0.2) is 0 Å². The van der Waals surface area contributed by atoms with Gasteiger partial charge in [-0.3, -0.25) is 4.98 Å². The number of nitrogens with zero attached hydrogens (tertiary/aromatic N) is 2. The van der Waals surface area contributed by atoms with Crippen LogP contribution in [0, 0.1) is 13.8 Å². The van der Waals surface area contributed by atoms with E-state index in [0.29, 0.717) is 30.8 Å². The minimum absolute atomic E-state index is 0.0150. The van der Waals surface area contributed by atoms with E-state index in [0.717, 1.165) is 27.8 Å². The SMILES string of the molecule is Cc1ccc(S(=O)(=O)N2CCC(Oc3cccc4cccnc34)CC2)cc1C. The van der Waals surface area contributed by atoms with E-state index in [1.54, 1.807) is 22.6 Å². The summed E-state index contributed by atoms with van der Waals surface area (Å²) >= 11 is 0. The van der Waals surface area contributed by atoms with Gasteiger partial charge in [-0.05, 0) is 62.1 Å². The van der Waals surface area contributed by atoms with Gasteiger partial charge in [0.25, 0.3) is 0 Å². The smallest absolute Gasteiger partial charge is 0.243 e. The Kier molecular flexibility index (Phi) is 5.08. The Morgan fingerprint density at radius 1 is 1.00 bits per heavy atom. The summed E-state index contributed by atoms with van der Waals surface area (Å²) in [7, 11) is -3.47. The molecule has 3 aromatic rings. The maximum atomic E-state index is 13.0. The third kappa shape index (κ3) is 3.62. The second-order valence-electron chi connectivity index (χ2n) is 7.30. The molecule has 1 aromatic heterocycles. The molecule has 1 aliphatic rings. The van der Waals surface area contributed by atoms with E-state index in [4.69, 9.17) is 4.74 Å². The van der Waals surface area contributed by atoms with Crippen molar-refractivity contribution in [3.63, 3.8) is 0 Å². The van der Waals surface area contributed by atoms with Crippen LogP contribution < -0.4 is 4.74 Å². The molecule has 28 heavy (non-hydrogen) atoms. The Labute approximate surface area is 166 Å². The molecule has 0 radical (unpaired) electrons. The summed E-state index contributed by atoms with van der Waals surface area (Å²) in [4.78, 5) is 4.79. The summed E-state index contributed by atoms with van der Waals surface area (Å²) in [6, 6.07) is 15.1. The van der Waals surface area contributed by atoms with Crippen LogP contribution in [0.5, 0.6) is 5.75 Å². The molecular formula is C22H24N2O3S. The Balaban J connectivity index is 1.46. The highest BCUT2D eigenvalue weighted by Gasteiger charge is 2.30. The molecule has 0 saturated carbocycles. The molecule has 2 aromatic carbocycles.